The van der Waals surface area contributed by atoms with Crippen molar-refractivity contribution in [2.24, 2.45) is 11.8 Å². The smallest absolute Gasteiger partial charge is 0.0107 e. The first-order valence-corrected chi connectivity index (χ1v) is 7.02. The van der Waals surface area contributed by atoms with Crippen LogP contribution in [-0.2, 0) is 0 Å². The van der Waals surface area contributed by atoms with Crippen molar-refractivity contribution in [2.75, 3.05) is 19.6 Å². The first kappa shape index (κ1) is 14.0. The summed E-state index contributed by atoms with van der Waals surface area (Å²) in [6.45, 7) is 15.1. The third kappa shape index (κ3) is 4.42. The third-order valence-electron chi connectivity index (χ3n) is 3.75. The van der Waals surface area contributed by atoms with Crippen molar-refractivity contribution in [1.29, 1.82) is 0 Å². The molecular weight excluding hydrogens is 196 g/mol. The van der Waals surface area contributed by atoms with Gasteiger partial charge in [0, 0.05) is 12.1 Å². The molecule has 0 heterocycles. The highest BCUT2D eigenvalue weighted by Gasteiger charge is 2.32. The summed E-state index contributed by atoms with van der Waals surface area (Å²) in [4.78, 5) is 2.68. The minimum absolute atomic E-state index is 0.720. The molecule has 0 saturated heterocycles. The maximum absolute atomic E-state index is 3.58. The predicted octanol–water partition coefficient (Wildman–Crippen LogP) is 2.74. The highest BCUT2D eigenvalue weighted by Crippen LogP contribution is 2.30. The first-order valence-electron chi connectivity index (χ1n) is 7.02. The van der Waals surface area contributed by atoms with Gasteiger partial charge in [-0.25, -0.2) is 0 Å². The monoisotopic (exact) mass is 226 g/mol. The molecule has 0 aromatic heterocycles. The molecule has 1 fully saturated rings. The Kier molecular flexibility index (Phi) is 5.77. The SMILES string of the molecule is CCN(C1CC1)C(C)C(C)CNCC(C)C. The molecule has 0 aliphatic heterocycles. The lowest BCUT2D eigenvalue weighted by atomic mass is 10.0. The fraction of sp³-hybridized carbons (Fsp3) is 1.00. The number of nitrogens with one attached hydrogen (secondary N) is 1. The van der Waals surface area contributed by atoms with Gasteiger partial charge in [-0.2, -0.15) is 0 Å². The molecule has 2 atom stereocenters. The average Bonchev–Trinajstić information content (AvgIpc) is 3.02. The Labute approximate surface area is 102 Å². The van der Waals surface area contributed by atoms with E-state index in [1.54, 1.807) is 0 Å². The molecule has 1 aliphatic rings. The van der Waals surface area contributed by atoms with Gasteiger partial charge in [-0.1, -0.05) is 27.7 Å². The Morgan fingerprint density at radius 3 is 2.19 bits per heavy atom. The van der Waals surface area contributed by atoms with Crippen LogP contribution in [0.2, 0.25) is 0 Å². The standard InChI is InChI=1S/C14H30N2/c1-6-16(14-7-8-14)13(5)12(4)10-15-9-11(2)3/h11-15H,6-10H2,1-5H3. The van der Waals surface area contributed by atoms with E-state index in [0.29, 0.717) is 0 Å². The summed E-state index contributed by atoms with van der Waals surface area (Å²) in [7, 11) is 0. The van der Waals surface area contributed by atoms with Crippen LogP contribution in [0, 0.1) is 11.8 Å². The molecule has 2 heteroatoms. The van der Waals surface area contributed by atoms with E-state index in [0.717, 1.165) is 37.0 Å². The molecule has 1 saturated carbocycles. The zero-order valence-electron chi connectivity index (χ0n) is 11.8. The summed E-state index contributed by atoms with van der Waals surface area (Å²) >= 11 is 0. The number of rotatable bonds is 8. The van der Waals surface area contributed by atoms with Crippen LogP contribution < -0.4 is 5.32 Å². The van der Waals surface area contributed by atoms with Gasteiger partial charge < -0.3 is 5.32 Å². The lowest BCUT2D eigenvalue weighted by molar-refractivity contribution is 0.158. The van der Waals surface area contributed by atoms with E-state index >= 15 is 0 Å². The lowest BCUT2D eigenvalue weighted by Crippen LogP contribution is -2.42. The number of nitrogens with zero attached hydrogens (tertiary/aromatic N) is 1. The Morgan fingerprint density at radius 2 is 1.75 bits per heavy atom. The second-order valence-corrected chi connectivity index (χ2v) is 5.83. The summed E-state index contributed by atoms with van der Waals surface area (Å²) in [5.74, 6) is 1.51. The Bertz CT molecular complexity index is 187. The highest BCUT2D eigenvalue weighted by molar-refractivity contribution is 4.88. The molecule has 0 amide bonds. The summed E-state index contributed by atoms with van der Waals surface area (Å²) in [6, 6.07) is 1.62. The predicted molar refractivity (Wildman–Crippen MR) is 71.7 cm³/mol. The molecule has 2 nitrogen and oxygen atoms in total. The molecule has 0 spiro atoms. The Morgan fingerprint density at radius 1 is 1.12 bits per heavy atom. The maximum Gasteiger partial charge on any atom is 0.0107 e. The zero-order chi connectivity index (χ0) is 12.1. The first-order chi connectivity index (χ1) is 7.56. The second-order valence-electron chi connectivity index (χ2n) is 5.83. The molecule has 0 aromatic rings. The van der Waals surface area contributed by atoms with Gasteiger partial charge in [-0.15, -0.1) is 0 Å². The molecule has 0 radical (unpaired) electrons. The molecule has 1 rings (SSSR count). The van der Waals surface area contributed by atoms with Crippen LogP contribution in [0.5, 0.6) is 0 Å². The molecular formula is C14H30N2. The van der Waals surface area contributed by atoms with Crippen molar-refractivity contribution in [3.05, 3.63) is 0 Å². The van der Waals surface area contributed by atoms with Crippen LogP contribution in [-0.4, -0.2) is 36.6 Å². The highest BCUT2D eigenvalue weighted by atomic mass is 15.2. The summed E-state index contributed by atoms with van der Waals surface area (Å²) in [5.41, 5.74) is 0. The van der Waals surface area contributed by atoms with E-state index in [1.807, 2.05) is 0 Å². The van der Waals surface area contributed by atoms with E-state index < -0.39 is 0 Å². The topological polar surface area (TPSA) is 15.3 Å². The fourth-order valence-electron chi connectivity index (χ4n) is 2.38. The minimum Gasteiger partial charge on any atom is -0.316 e. The van der Waals surface area contributed by atoms with Crippen molar-refractivity contribution >= 4 is 0 Å². The average molecular weight is 226 g/mol. The Hall–Kier alpha value is -0.0800. The van der Waals surface area contributed by atoms with Crippen LogP contribution in [0.4, 0.5) is 0 Å². The molecule has 96 valence electrons. The van der Waals surface area contributed by atoms with Gasteiger partial charge in [-0.3, -0.25) is 4.90 Å². The molecule has 0 bridgehead atoms. The molecule has 2 unspecified atom stereocenters. The number of hydrogen-bond acceptors (Lipinski definition) is 2. The van der Waals surface area contributed by atoms with E-state index in [2.05, 4.69) is 44.8 Å². The van der Waals surface area contributed by atoms with Crippen LogP contribution in [0.3, 0.4) is 0 Å². The quantitative estimate of drug-likeness (QED) is 0.684. The van der Waals surface area contributed by atoms with Gasteiger partial charge in [-0.05, 0) is 51.2 Å². The van der Waals surface area contributed by atoms with Crippen molar-refractivity contribution < 1.29 is 0 Å². The van der Waals surface area contributed by atoms with Gasteiger partial charge in [0.1, 0.15) is 0 Å². The summed E-state index contributed by atoms with van der Waals surface area (Å²) in [5, 5.41) is 3.58. The van der Waals surface area contributed by atoms with Crippen LogP contribution in [0.1, 0.15) is 47.5 Å². The van der Waals surface area contributed by atoms with Gasteiger partial charge in [0.25, 0.3) is 0 Å². The Balaban J connectivity index is 2.25. The molecule has 1 aliphatic carbocycles. The summed E-state index contributed by atoms with van der Waals surface area (Å²) < 4.78 is 0. The van der Waals surface area contributed by atoms with Crippen LogP contribution >= 0.6 is 0 Å². The fourth-order valence-corrected chi connectivity index (χ4v) is 2.38. The molecule has 0 aromatic carbocycles. The van der Waals surface area contributed by atoms with E-state index in [9.17, 15) is 0 Å². The lowest BCUT2D eigenvalue weighted by Gasteiger charge is -2.32. The van der Waals surface area contributed by atoms with E-state index in [1.165, 1.54) is 19.4 Å². The van der Waals surface area contributed by atoms with Crippen molar-refractivity contribution in [1.82, 2.24) is 10.2 Å². The third-order valence-corrected chi connectivity index (χ3v) is 3.75. The molecule has 1 N–H and O–H groups in total. The van der Waals surface area contributed by atoms with Crippen molar-refractivity contribution in [2.45, 2.75) is 59.5 Å². The zero-order valence-corrected chi connectivity index (χ0v) is 11.8. The molecule has 16 heavy (non-hydrogen) atoms. The normalized spacial score (nSPS) is 20.4. The largest absolute Gasteiger partial charge is 0.316 e. The van der Waals surface area contributed by atoms with Gasteiger partial charge >= 0.3 is 0 Å². The van der Waals surface area contributed by atoms with Gasteiger partial charge in [0.15, 0.2) is 0 Å². The van der Waals surface area contributed by atoms with E-state index in [-0.39, 0.29) is 0 Å². The van der Waals surface area contributed by atoms with Crippen LogP contribution in [0.25, 0.3) is 0 Å². The second kappa shape index (κ2) is 6.61. The van der Waals surface area contributed by atoms with Crippen molar-refractivity contribution in [3.63, 3.8) is 0 Å². The van der Waals surface area contributed by atoms with Gasteiger partial charge in [0.05, 0.1) is 0 Å². The van der Waals surface area contributed by atoms with E-state index in [4.69, 9.17) is 0 Å². The van der Waals surface area contributed by atoms with Gasteiger partial charge in [0.2, 0.25) is 0 Å². The maximum atomic E-state index is 3.58. The van der Waals surface area contributed by atoms with Crippen LogP contribution in [0.15, 0.2) is 0 Å². The minimum atomic E-state index is 0.720. The number of hydrogen-bond donors (Lipinski definition) is 1. The summed E-state index contributed by atoms with van der Waals surface area (Å²) in [6.07, 6.45) is 2.84. The van der Waals surface area contributed by atoms with Crippen molar-refractivity contribution in [3.8, 4) is 0 Å².